The SMILES string of the molecule is [B]c1cc(-n2c(-c3nonc3[N+](=O)[O-])noc2=O)ccc1F. The maximum Gasteiger partial charge on any atom is 0.446 e. The molecule has 0 spiro atoms. The summed E-state index contributed by atoms with van der Waals surface area (Å²) in [5.41, 5.74) is -0.569. The summed E-state index contributed by atoms with van der Waals surface area (Å²) in [7, 11) is 5.43. The lowest BCUT2D eigenvalue weighted by Crippen LogP contribution is -2.17. The number of hydrogen-bond acceptors (Lipinski definition) is 8. The zero-order chi connectivity index (χ0) is 15.9. The highest BCUT2D eigenvalue weighted by Crippen LogP contribution is 2.25. The molecule has 108 valence electrons. The lowest BCUT2D eigenvalue weighted by atomic mass is 9.95. The topological polar surface area (TPSA) is 130 Å². The predicted octanol–water partition coefficient (Wildman–Crippen LogP) is -0.283. The molecule has 0 saturated heterocycles. The van der Waals surface area contributed by atoms with Gasteiger partial charge in [0.15, 0.2) is 5.16 Å². The molecule has 0 aliphatic carbocycles. The van der Waals surface area contributed by atoms with Gasteiger partial charge < -0.3 is 10.1 Å². The Labute approximate surface area is 120 Å². The summed E-state index contributed by atoms with van der Waals surface area (Å²) in [6.45, 7) is 0. The summed E-state index contributed by atoms with van der Waals surface area (Å²) in [6.07, 6.45) is 0. The van der Waals surface area contributed by atoms with Crippen molar-refractivity contribution in [2.24, 2.45) is 0 Å². The minimum Gasteiger partial charge on any atom is -0.358 e. The lowest BCUT2D eigenvalue weighted by molar-refractivity contribution is -0.390. The molecular formula is C10H3BFN5O5. The van der Waals surface area contributed by atoms with Gasteiger partial charge in [-0.05, 0) is 28.3 Å². The Morgan fingerprint density at radius 3 is 2.77 bits per heavy atom. The molecule has 12 heteroatoms. The van der Waals surface area contributed by atoms with Gasteiger partial charge in [-0.25, -0.2) is 13.8 Å². The van der Waals surface area contributed by atoms with Crippen molar-refractivity contribution in [2.45, 2.75) is 0 Å². The molecule has 22 heavy (non-hydrogen) atoms. The van der Waals surface area contributed by atoms with Crippen LogP contribution in [0.2, 0.25) is 0 Å². The molecule has 0 amide bonds. The first-order valence-corrected chi connectivity index (χ1v) is 5.60. The molecule has 2 aromatic heterocycles. The normalized spacial score (nSPS) is 10.8. The average molecular weight is 303 g/mol. The van der Waals surface area contributed by atoms with E-state index in [1.165, 1.54) is 6.07 Å². The van der Waals surface area contributed by atoms with Crippen molar-refractivity contribution in [2.75, 3.05) is 0 Å². The van der Waals surface area contributed by atoms with Crippen LogP contribution in [0.15, 0.2) is 32.1 Å². The van der Waals surface area contributed by atoms with E-state index < -0.39 is 28.0 Å². The van der Waals surface area contributed by atoms with Crippen molar-refractivity contribution in [3.63, 3.8) is 0 Å². The second-order valence-corrected chi connectivity index (χ2v) is 4.01. The second-order valence-electron chi connectivity index (χ2n) is 4.01. The van der Waals surface area contributed by atoms with Gasteiger partial charge in [0.1, 0.15) is 13.7 Å². The number of halogens is 1. The summed E-state index contributed by atoms with van der Waals surface area (Å²) in [5.74, 6) is -2.75. The highest BCUT2D eigenvalue weighted by Gasteiger charge is 2.30. The molecule has 0 aliphatic heterocycles. The predicted molar refractivity (Wildman–Crippen MR) is 67.4 cm³/mol. The quantitative estimate of drug-likeness (QED) is 0.366. The summed E-state index contributed by atoms with van der Waals surface area (Å²) in [6, 6.07) is 3.37. The molecule has 0 fully saturated rings. The standard InChI is InChI=1S/C10H3BFN5O5/c11-5-3-4(1-2-6(5)12)16-8(14-21-10(16)18)7-9(17(19)20)15-22-13-7/h1-3H. The molecule has 2 radical (unpaired) electrons. The number of rotatable bonds is 3. The molecule has 10 nitrogen and oxygen atoms in total. The van der Waals surface area contributed by atoms with E-state index in [1.807, 2.05) is 0 Å². The third kappa shape index (κ3) is 2.06. The Morgan fingerprint density at radius 2 is 2.09 bits per heavy atom. The fourth-order valence-corrected chi connectivity index (χ4v) is 1.74. The molecule has 0 atom stereocenters. The molecule has 3 rings (SSSR count). The molecule has 0 aliphatic rings. The van der Waals surface area contributed by atoms with Crippen LogP contribution in [0.5, 0.6) is 0 Å². The molecule has 0 bridgehead atoms. The molecule has 3 aromatic rings. The Hall–Kier alpha value is -3.31. The molecule has 0 N–H and O–H groups in total. The average Bonchev–Trinajstić information content (AvgIpc) is 3.08. The largest absolute Gasteiger partial charge is 0.446 e. The fourth-order valence-electron chi connectivity index (χ4n) is 1.74. The number of nitro groups is 1. The first-order valence-electron chi connectivity index (χ1n) is 5.60. The van der Waals surface area contributed by atoms with E-state index in [4.69, 9.17) is 7.85 Å². The Morgan fingerprint density at radius 1 is 1.32 bits per heavy atom. The van der Waals surface area contributed by atoms with E-state index in [1.54, 1.807) is 0 Å². The first-order chi connectivity index (χ1) is 10.5. The van der Waals surface area contributed by atoms with Crippen molar-refractivity contribution in [1.29, 1.82) is 0 Å². The van der Waals surface area contributed by atoms with Crippen LogP contribution in [0.4, 0.5) is 10.2 Å². The first kappa shape index (κ1) is 13.7. The van der Waals surface area contributed by atoms with Crippen molar-refractivity contribution >= 4 is 19.1 Å². The number of nitrogens with zero attached hydrogens (tertiary/aromatic N) is 5. The van der Waals surface area contributed by atoms with Gasteiger partial charge in [-0.1, -0.05) is 10.6 Å². The zero-order valence-electron chi connectivity index (χ0n) is 10.5. The van der Waals surface area contributed by atoms with Gasteiger partial charge in [0, 0.05) is 0 Å². The van der Waals surface area contributed by atoms with Crippen LogP contribution >= 0.6 is 0 Å². The van der Waals surface area contributed by atoms with Crippen molar-refractivity contribution in [3.05, 3.63) is 44.7 Å². The van der Waals surface area contributed by atoms with Gasteiger partial charge in [-0.2, -0.15) is 0 Å². The maximum absolute atomic E-state index is 13.2. The van der Waals surface area contributed by atoms with E-state index in [0.717, 1.165) is 16.7 Å². The van der Waals surface area contributed by atoms with Gasteiger partial charge in [0.25, 0.3) is 5.69 Å². The van der Waals surface area contributed by atoms with Crippen LogP contribution in [0.3, 0.4) is 0 Å². The number of hydrogen-bond donors (Lipinski definition) is 0. The van der Waals surface area contributed by atoms with Gasteiger partial charge in [-0.3, -0.25) is 4.52 Å². The van der Waals surface area contributed by atoms with Crippen LogP contribution in [0.1, 0.15) is 0 Å². The third-order valence-corrected chi connectivity index (χ3v) is 2.70. The van der Waals surface area contributed by atoms with E-state index in [0.29, 0.717) is 0 Å². The van der Waals surface area contributed by atoms with Crippen LogP contribution in [-0.4, -0.2) is 32.8 Å². The summed E-state index contributed by atoms with van der Waals surface area (Å²) in [5, 5.41) is 20.7. The van der Waals surface area contributed by atoms with E-state index in [2.05, 4.69) is 24.6 Å². The van der Waals surface area contributed by atoms with Gasteiger partial charge in [0.05, 0.1) is 5.69 Å². The summed E-state index contributed by atoms with van der Waals surface area (Å²) < 4.78 is 22.8. The van der Waals surface area contributed by atoms with E-state index in [-0.39, 0.29) is 17.0 Å². The maximum atomic E-state index is 13.2. The summed E-state index contributed by atoms with van der Waals surface area (Å²) in [4.78, 5) is 21.7. The Bertz CT molecular complexity index is 932. The van der Waals surface area contributed by atoms with Crippen LogP contribution in [0, 0.1) is 15.9 Å². The van der Waals surface area contributed by atoms with Crippen molar-refractivity contribution in [3.8, 4) is 17.2 Å². The van der Waals surface area contributed by atoms with Gasteiger partial charge in [0.2, 0.25) is 5.82 Å². The van der Waals surface area contributed by atoms with Crippen molar-refractivity contribution < 1.29 is 18.5 Å². The van der Waals surface area contributed by atoms with E-state index >= 15 is 0 Å². The fraction of sp³-hybridized carbons (Fsp3) is 0. The van der Waals surface area contributed by atoms with Crippen LogP contribution in [-0.2, 0) is 0 Å². The van der Waals surface area contributed by atoms with Gasteiger partial charge >= 0.3 is 11.6 Å². The molecule has 0 unspecified atom stereocenters. The van der Waals surface area contributed by atoms with Crippen molar-refractivity contribution in [1.82, 2.24) is 20.0 Å². The number of benzene rings is 1. The Balaban J connectivity index is 2.24. The molecule has 2 heterocycles. The molecular weight excluding hydrogens is 300 g/mol. The third-order valence-electron chi connectivity index (χ3n) is 2.70. The smallest absolute Gasteiger partial charge is 0.358 e. The minimum absolute atomic E-state index is 0.0810. The molecule has 1 aromatic carbocycles. The zero-order valence-corrected chi connectivity index (χ0v) is 10.5. The van der Waals surface area contributed by atoms with Crippen LogP contribution in [0.25, 0.3) is 17.2 Å². The summed E-state index contributed by atoms with van der Waals surface area (Å²) >= 11 is 0. The monoisotopic (exact) mass is 303 g/mol. The van der Waals surface area contributed by atoms with Crippen LogP contribution < -0.4 is 11.2 Å². The minimum atomic E-state index is -0.974. The molecule has 0 saturated carbocycles. The number of aromatic nitrogens is 4. The Kier molecular flexibility index (Phi) is 3.05. The highest BCUT2D eigenvalue weighted by molar-refractivity contribution is 6.32. The lowest BCUT2D eigenvalue weighted by Gasteiger charge is -2.04. The van der Waals surface area contributed by atoms with Gasteiger partial charge in [-0.15, -0.1) is 4.63 Å². The highest BCUT2D eigenvalue weighted by atomic mass is 19.1. The van der Waals surface area contributed by atoms with E-state index in [9.17, 15) is 19.3 Å². The second kappa shape index (κ2) is 4.91.